The van der Waals surface area contributed by atoms with Crippen molar-refractivity contribution in [3.63, 3.8) is 0 Å². The standard InChI is InChI=1S/C19H13FN2O3S/c20-14-3-6-16-13(9-14)10-17(26-16)19(24)25-11-18(23)22-15-4-1-12(2-5-15)7-8-21/h1-6,9-10H,7,11H2,(H,22,23). The number of rotatable bonds is 5. The number of benzene rings is 2. The van der Waals surface area contributed by atoms with Crippen LogP contribution in [0.1, 0.15) is 15.2 Å². The summed E-state index contributed by atoms with van der Waals surface area (Å²) in [6, 6.07) is 14.7. The summed E-state index contributed by atoms with van der Waals surface area (Å²) in [5.41, 5.74) is 1.39. The normalized spacial score (nSPS) is 10.3. The SMILES string of the molecule is N#CCc1ccc(NC(=O)COC(=O)c2cc3cc(F)ccc3s2)cc1. The number of carbonyl (C=O) groups is 2. The zero-order chi connectivity index (χ0) is 18.5. The number of nitriles is 1. The number of amides is 1. The van der Waals surface area contributed by atoms with E-state index < -0.39 is 18.5 Å². The zero-order valence-corrected chi connectivity index (χ0v) is 14.3. The van der Waals surface area contributed by atoms with Crippen molar-refractivity contribution in [2.75, 3.05) is 11.9 Å². The van der Waals surface area contributed by atoms with Crippen molar-refractivity contribution in [3.8, 4) is 6.07 Å². The van der Waals surface area contributed by atoms with Gasteiger partial charge in [-0.1, -0.05) is 12.1 Å². The number of esters is 1. The molecule has 0 saturated heterocycles. The van der Waals surface area contributed by atoms with Gasteiger partial charge in [0.2, 0.25) is 0 Å². The highest BCUT2D eigenvalue weighted by Gasteiger charge is 2.14. The molecule has 0 bridgehead atoms. The maximum atomic E-state index is 13.2. The predicted octanol–water partition coefficient (Wildman–Crippen LogP) is 3.90. The Morgan fingerprint density at radius 1 is 1.15 bits per heavy atom. The number of fused-ring (bicyclic) bond motifs is 1. The van der Waals surface area contributed by atoms with Crippen molar-refractivity contribution in [2.45, 2.75) is 6.42 Å². The number of anilines is 1. The average Bonchev–Trinajstić information content (AvgIpc) is 3.05. The third kappa shape index (κ3) is 4.23. The van der Waals surface area contributed by atoms with E-state index in [4.69, 9.17) is 10.00 Å². The summed E-state index contributed by atoms with van der Waals surface area (Å²) < 4.78 is 19.0. The fourth-order valence-electron chi connectivity index (χ4n) is 2.31. The second-order valence-corrected chi connectivity index (χ2v) is 6.53. The van der Waals surface area contributed by atoms with Crippen LogP contribution >= 0.6 is 11.3 Å². The van der Waals surface area contributed by atoms with Gasteiger partial charge < -0.3 is 10.1 Å². The molecule has 1 amide bonds. The van der Waals surface area contributed by atoms with Crippen molar-refractivity contribution in [1.29, 1.82) is 5.26 Å². The summed E-state index contributed by atoms with van der Waals surface area (Å²) in [7, 11) is 0. The van der Waals surface area contributed by atoms with E-state index in [1.807, 2.05) is 6.07 Å². The summed E-state index contributed by atoms with van der Waals surface area (Å²) in [6.45, 7) is -0.429. The van der Waals surface area contributed by atoms with Gasteiger partial charge in [-0.15, -0.1) is 11.3 Å². The fraction of sp³-hybridized carbons (Fsp3) is 0.105. The molecular formula is C19H13FN2O3S. The number of carbonyl (C=O) groups excluding carboxylic acids is 2. The predicted molar refractivity (Wildman–Crippen MR) is 96.5 cm³/mol. The van der Waals surface area contributed by atoms with Gasteiger partial charge in [-0.05, 0) is 47.3 Å². The number of nitrogens with zero attached hydrogens (tertiary/aromatic N) is 1. The van der Waals surface area contributed by atoms with E-state index in [2.05, 4.69) is 5.32 Å². The molecular weight excluding hydrogens is 355 g/mol. The molecule has 7 heteroatoms. The molecule has 1 aromatic heterocycles. The molecule has 26 heavy (non-hydrogen) atoms. The van der Waals surface area contributed by atoms with Gasteiger partial charge in [0.15, 0.2) is 6.61 Å². The number of nitrogens with one attached hydrogen (secondary N) is 1. The van der Waals surface area contributed by atoms with Crippen LogP contribution in [0.15, 0.2) is 48.5 Å². The Kier molecular flexibility index (Phi) is 5.25. The number of halogens is 1. The minimum atomic E-state index is -0.633. The molecule has 2 aromatic carbocycles. The Bertz CT molecular complexity index is 1010. The number of ether oxygens (including phenoxy) is 1. The van der Waals surface area contributed by atoms with E-state index >= 15 is 0 Å². The largest absolute Gasteiger partial charge is 0.451 e. The van der Waals surface area contributed by atoms with Gasteiger partial charge in [0.05, 0.1) is 12.5 Å². The Balaban J connectivity index is 1.56. The molecule has 130 valence electrons. The fourth-order valence-corrected chi connectivity index (χ4v) is 3.25. The molecule has 0 aliphatic carbocycles. The smallest absolute Gasteiger partial charge is 0.348 e. The minimum absolute atomic E-state index is 0.297. The average molecular weight is 368 g/mol. The first-order chi connectivity index (χ1) is 12.5. The summed E-state index contributed by atoms with van der Waals surface area (Å²) in [4.78, 5) is 24.3. The van der Waals surface area contributed by atoms with Gasteiger partial charge in [0, 0.05) is 10.4 Å². The van der Waals surface area contributed by atoms with Gasteiger partial charge in [0.1, 0.15) is 10.7 Å². The molecule has 0 unspecified atom stereocenters. The number of hydrogen-bond donors (Lipinski definition) is 1. The van der Waals surface area contributed by atoms with Crippen LogP contribution in [0.4, 0.5) is 10.1 Å². The van der Waals surface area contributed by atoms with Crippen molar-refractivity contribution >= 4 is 39.0 Å². The van der Waals surface area contributed by atoms with Crippen LogP contribution in [0.25, 0.3) is 10.1 Å². The van der Waals surface area contributed by atoms with Crippen LogP contribution < -0.4 is 5.32 Å². The van der Waals surface area contributed by atoms with E-state index in [9.17, 15) is 14.0 Å². The molecule has 0 radical (unpaired) electrons. The highest BCUT2D eigenvalue weighted by atomic mass is 32.1. The van der Waals surface area contributed by atoms with Crippen LogP contribution in [0.3, 0.4) is 0 Å². The van der Waals surface area contributed by atoms with Gasteiger partial charge in [-0.2, -0.15) is 5.26 Å². The first kappa shape index (κ1) is 17.6. The molecule has 1 heterocycles. The van der Waals surface area contributed by atoms with E-state index in [1.165, 1.54) is 29.5 Å². The molecule has 3 aromatic rings. The Morgan fingerprint density at radius 3 is 2.65 bits per heavy atom. The first-order valence-corrected chi connectivity index (χ1v) is 8.49. The van der Waals surface area contributed by atoms with Gasteiger partial charge >= 0.3 is 5.97 Å². The molecule has 5 nitrogen and oxygen atoms in total. The van der Waals surface area contributed by atoms with E-state index in [-0.39, 0.29) is 5.82 Å². The third-order valence-electron chi connectivity index (χ3n) is 3.53. The quantitative estimate of drug-likeness (QED) is 0.693. The van der Waals surface area contributed by atoms with Crippen molar-refractivity contribution in [2.24, 2.45) is 0 Å². The highest BCUT2D eigenvalue weighted by Crippen LogP contribution is 2.26. The summed E-state index contributed by atoms with van der Waals surface area (Å²) >= 11 is 1.18. The third-order valence-corrected chi connectivity index (χ3v) is 4.63. The molecule has 0 aliphatic heterocycles. The van der Waals surface area contributed by atoms with Crippen LogP contribution in [0, 0.1) is 17.1 Å². The van der Waals surface area contributed by atoms with Crippen molar-refractivity contribution in [3.05, 3.63) is 64.8 Å². The summed E-state index contributed by atoms with van der Waals surface area (Å²) in [6.07, 6.45) is 0.297. The summed E-state index contributed by atoms with van der Waals surface area (Å²) in [5, 5.41) is 11.8. The molecule has 0 saturated carbocycles. The zero-order valence-electron chi connectivity index (χ0n) is 13.5. The van der Waals surface area contributed by atoms with Crippen LogP contribution in [0.5, 0.6) is 0 Å². The van der Waals surface area contributed by atoms with Crippen LogP contribution in [-0.2, 0) is 16.0 Å². The van der Waals surface area contributed by atoms with E-state index in [0.29, 0.717) is 22.4 Å². The maximum absolute atomic E-state index is 13.2. The second kappa shape index (κ2) is 7.76. The molecule has 0 atom stereocenters. The molecule has 0 aliphatic rings. The van der Waals surface area contributed by atoms with Gasteiger partial charge in [-0.3, -0.25) is 4.79 Å². The second-order valence-electron chi connectivity index (χ2n) is 5.45. The lowest BCUT2D eigenvalue weighted by Crippen LogP contribution is -2.20. The minimum Gasteiger partial charge on any atom is -0.451 e. The molecule has 3 rings (SSSR count). The van der Waals surface area contributed by atoms with Gasteiger partial charge in [-0.25, -0.2) is 9.18 Å². The van der Waals surface area contributed by atoms with Crippen molar-refractivity contribution < 1.29 is 18.7 Å². The lowest BCUT2D eigenvalue weighted by Gasteiger charge is -2.06. The Hall–Kier alpha value is -3.24. The molecule has 0 spiro atoms. The Morgan fingerprint density at radius 2 is 1.92 bits per heavy atom. The summed E-state index contributed by atoms with van der Waals surface area (Å²) in [5.74, 6) is -1.49. The highest BCUT2D eigenvalue weighted by molar-refractivity contribution is 7.20. The number of hydrogen-bond acceptors (Lipinski definition) is 5. The molecule has 1 N–H and O–H groups in total. The lowest BCUT2D eigenvalue weighted by atomic mass is 10.1. The first-order valence-electron chi connectivity index (χ1n) is 7.67. The van der Waals surface area contributed by atoms with E-state index in [1.54, 1.807) is 30.3 Å². The van der Waals surface area contributed by atoms with Gasteiger partial charge in [0.25, 0.3) is 5.91 Å². The molecule has 0 fully saturated rings. The maximum Gasteiger partial charge on any atom is 0.348 e. The monoisotopic (exact) mass is 368 g/mol. The Labute approximate surface area is 152 Å². The van der Waals surface area contributed by atoms with E-state index in [0.717, 1.165) is 10.3 Å². The number of thiophene rings is 1. The topological polar surface area (TPSA) is 79.2 Å². The van der Waals surface area contributed by atoms with Crippen LogP contribution in [-0.4, -0.2) is 18.5 Å². The van der Waals surface area contributed by atoms with Crippen molar-refractivity contribution in [1.82, 2.24) is 0 Å². The van der Waals surface area contributed by atoms with Crippen LogP contribution in [0.2, 0.25) is 0 Å². The lowest BCUT2D eigenvalue weighted by molar-refractivity contribution is -0.119.